The monoisotopic (exact) mass is 422 g/mol. The van der Waals surface area contributed by atoms with Crippen LogP contribution in [-0.4, -0.2) is 49.7 Å². The van der Waals surface area contributed by atoms with Crippen molar-refractivity contribution >= 4 is 26.7 Å². The Morgan fingerprint density at radius 3 is 2.27 bits per heavy atom. The van der Waals surface area contributed by atoms with Gasteiger partial charge in [0, 0.05) is 32.6 Å². The Labute approximate surface area is 178 Å². The fraction of sp³-hybridized carbons (Fsp3) is 0.292. The van der Waals surface area contributed by atoms with Crippen molar-refractivity contribution in [2.24, 2.45) is 0 Å². The van der Waals surface area contributed by atoms with Gasteiger partial charge in [-0.25, -0.2) is 8.42 Å². The molecule has 30 heavy (non-hydrogen) atoms. The zero-order valence-electron chi connectivity index (χ0n) is 17.1. The number of carbonyl (C=O) groups is 1. The molecular formula is C24H26N2O3S. The number of sulfonamides is 1. The van der Waals surface area contributed by atoms with Gasteiger partial charge >= 0.3 is 0 Å². The van der Waals surface area contributed by atoms with E-state index in [1.807, 2.05) is 25.1 Å². The average Bonchev–Trinajstić information content (AvgIpc) is 2.78. The second kappa shape index (κ2) is 8.58. The van der Waals surface area contributed by atoms with Gasteiger partial charge in [-0.3, -0.25) is 4.79 Å². The SMILES string of the molecule is Cc1ccc(S(=O)(=O)N2CCN(C(=O)CCc3cccc4ccccc34)CC2)cc1. The molecule has 0 N–H and O–H groups in total. The van der Waals surface area contributed by atoms with E-state index in [4.69, 9.17) is 0 Å². The third kappa shape index (κ3) is 4.25. The van der Waals surface area contributed by atoms with Gasteiger partial charge in [0.1, 0.15) is 0 Å². The maximum Gasteiger partial charge on any atom is 0.243 e. The third-order valence-corrected chi connectivity index (χ3v) is 7.65. The van der Waals surface area contributed by atoms with Crippen LogP contribution in [0.3, 0.4) is 0 Å². The van der Waals surface area contributed by atoms with Crippen LogP contribution in [0, 0.1) is 6.92 Å². The second-order valence-corrected chi connectivity index (χ2v) is 9.67. The Bertz CT molecular complexity index is 1140. The van der Waals surface area contributed by atoms with Crippen molar-refractivity contribution in [3.8, 4) is 0 Å². The highest BCUT2D eigenvalue weighted by Gasteiger charge is 2.29. The minimum Gasteiger partial charge on any atom is -0.340 e. The van der Waals surface area contributed by atoms with Gasteiger partial charge < -0.3 is 4.90 Å². The predicted octanol–water partition coefficient (Wildman–Crippen LogP) is 3.61. The average molecular weight is 423 g/mol. The largest absolute Gasteiger partial charge is 0.340 e. The van der Waals surface area contributed by atoms with Crippen molar-refractivity contribution in [1.82, 2.24) is 9.21 Å². The number of rotatable bonds is 5. The summed E-state index contributed by atoms with van der Waals surface area (Å²) in [5.41, 5.74) is 2.19. The lowest BCUT2D eigenvalue weighted by molar-refractivity contribution is -0.132. The zero-order chi connectivity index (χ0) is 21.1. The van der Waals surface area contributed by atoms with Gasteiger partial charge in [-0.05, 0) is 41.8 Å². The number of hydrogen-bond donors (Lipinski definition) is 0. The lowest BCUT2D eigenvalue weighted by Gasteiger charge is -2.34. The minimum atomic E-state index is -3.51. The first-order valence-corrected chi connectivity index (χ1v) is 11.7. The summed E-state index contributed by atoms with van der Waals surface area (Å²) in [5.74, 6) is 0.0790. The summed E-state index contributed by atoms with van der Waals surface area (Å²) in [6, 6.07) is 21.3. The molecule has 1 fully saturated rings. The van der Waals surface area contributed by atoms with Crippen molar-refractivity contribution in [3.05, 3.63) is 77.9 Å². The van der Waals surface area contributed by atoms with E-state index in [9.17, 15) is 13.2 Å². The van der Waals surface area contributed by atoms with Crippen LogP contribution in [0.25, 0.3) is 10.8 Å². The smallest absolute Gasteiger partial charge is 0.243 e. The molecule has 156 valence electrons. The highest BCUT2D eigenvalue weighted by Crippen LogP contribution is 2.21. The molecule has 1 saturated heterocycles. The molecule has 1 aliphatic rings. The highest BCUT2D eigenvalue weighted by molar-refractivity contribution is 7.89. The van der Waals surface area contributed by atoms with Crippen LogP contribution in [0.1, 0.15) is 17.5 Å². The van der Waals surface area contributed by atoms with E-state index in [0.717, 1.165) is 5.56 Å². The van der Waals surface area contributed by atoms with E-state index < -0.39 is 10.0 Å². The topological polar surface area (TPSA) is 57.7 Å². The summed E-state index contributed by atoms with van der Waals surface area (Å²) in [6.45, 7) is 3.45. The molecule has 0 aliphatic carbocycles. The number of nitrogens with zero attached hydrogens (tertiary/aromatic N) is 2. The molecule has 1 heterocycles. The van der Waals surface area contributed by atoms with E-state index in [1.165, 1.54) is 20.6 Å². The van der Waals surface area contributed by atoms with Gasteiger partial charge in [0.05, 0.1) is 4.90 Å². The molecule has 0 unspecified atom stereocenters. The van der Waals surface area contributed by atoms with Crippen LogP contribution < -0.4 is 0 Å². The molecule has 3 aromatic carbocycles. The van der Waals surface area contributed by atoms with Crippen molar-refractivity contribution < 1.29 is 13.2 Å². The molecule has 0 aromatic heterocycles. The minimum absolute atomic E-state index is 0.0790. The van der Waals surface area contributed by atoms with Gasteiger partial charge in [-0.15, -0.1) is 0 Å². The fourth-order valence-electron chi connectivity index (χ4n) is 3.95. The first-order chi connectivity index (χ1) is 14.4. The standard InChI is InChI=1S/C24H26N2O3S/c1-19-9-12-22(13-10-19)30(28,29)26-17-15-25(16-18-26)24(27)14-11-21-7-4-6-20-5-2-3-8-23(20)21/h2-10,12-13H,11,14-18H2,1H3. The molecule has 0 atom stereocenters. The number of hydrogen-bond acceptors (Lipinski definition) is 3. The Morgan fingerprint density at radius 2 is 1.53 bits per heavy atom. The normalized spacial score (nSPS) is 15.4. The Morgan fingerprint density at radius 1 is 0.867 bits per heavy atom. The zero-order valence-corrected chi connectivity index (χ0v) is 17.9. The first kappa shape index (κ1) is 20.6. The van der Waals surface area contributed by atoms with E-state index in [2.05, 4.69) is 24.3 Å². The van der Waals surface area contributed by atoms with E-state index in [-0.39, 0.29) is 5.91 Å². The van der Waals surface area contributed by atoms with Crippen LogP contribution >= 0.6 is 0 Å². The molecule has 1 aliphatic heterocycles. The third-order valence-electron chi connectivity index (χ3n) is 5.74. The molecule has 4 rings (SSSR count). The Hall–Kier alpha value is -2.70. The summed E-state index contributed by atoms with van der Waals surface area (Å²) in [6.07, 6.45) is 1.11. The van der Waals surface area contributed by atoms with Crippen molar-refractivity contribution in [3.63, 3.8) is 0 Å². The van der Waals surface area contributed by atoms with Crippen LogP contribution in [0.4, 0.5) is 0 Å². The van der Waals surface area contributed by atoms with Crippen molar-refractivity contribution in [1.29, 1.82) is 0 Å². The Kier molecular flexibility index (Phi) is 5.88. The summed E-state index contributed by atoms with van der Waals surface area (Å²) >= 11 is 0. The molecular weight excluding hydrogens is 396 g/mol. The van der Waals surface area contributed by atoms with Gasteiger partial charge in [0.15, 0.2) is 0 Å². The number of piperazine rings is 1. The van der Waals surface area contributed by atoms with Crippen LogP contribution in [0.5, 0.6) is 0 Å². The number of benzene rings is 3. The number of aryl methyl sites for hydroxylation is 2. The van der Waals surface area contributed by atoms with Crippen LogP contribution in [-0.2, 0) is 21.2 Å². The number of amides is 1. The molecule has 1 amide bonds. The van der Waals surface area contributed by atoms with E-state index >= 15 is 0 Å². The quantitative estimate of drug-likeness (QED) is 0.631. The van der Waals surface area contributed by atoms with Gasteiger partial charge in [0.25, 0.3) is 0 Å². The molecule has 0 saturated carbocycles. The fourth-order valence-corrected chi connectivity index (χ4v) is 5.37. The van der Waals surface area contributed by atoms with Crippen molar-refractivity contribution in [2.45, 2.75) is 24.7 Å². The maximum absolute atomic E-state index is 12.8. The maximum atomic E-state index is 12.8. The van der Waals surface area contributed by atoms with Gasteiger partial charge in [-0.1, -0.05) is 60.2 Å². The molecule has 0 radical (unpaired) electrons. The first-order valence-electron chi connectivity index (χ1n) is 10.3. The molecule has 0 bridgehead atoms. The lowest BCUT2D eigenvalue weighted by Crippen LogP contribution is -2.50. The van der Waals surface area contributed by atoms with E-state index in [0.29, 0.717) is 43.9 Å². The summed E-state index contributed by atoms with van der Waals surface area (Å²) in [4.78, 5) is 14.8. The summed E-state index contributed by atoms with van der Waals surface area (Å²) < 4.78 is 27.1. The summed E-state index contributed by atoms with van der Waals surface area (Å²) in [7, 11) is -3.51. The predicted molar refractivity (Wildman–Crippen MR) is 119 cm³/mol. The van der Waals surface area contributed by atoms with E-state index in [1.54, 1.807) is 29.2 Å². The Balaban J connectivity index is 1.36. The van der Waals surface area contributed by atoms with Gasteiger partial charge in [0.2, 0.25) is 15.9 Å². The van der Waals surface area contributed by atoms with Crippen LogP contribution in [0.15, 0.2) is 71.6 Å². The lowest BCUT2D eigenvalue weighted by atomic mass is 10.0. The van der Waals surface area contributed by atoms with Crippen LogP contribution in [0.2, 0.25) is 0 Å². The molecule has 5 nitrogen and oxygen atoms in total. The molecule has 0 spiro atoms. The second-order valence-electron chi connectivity index (χ2n) is 7.74. The molecule has 6 heteroatoms. The number of fused-ring (bicyclic) bond motifs is 1. The van der Waals surface area contributed by atoms with Crippen molar-refractivity contribution in [2.75, 3.05) is 26.2 Å². The summed E-state index contributed by atoms with van der Waals surface area (Å²) in [5, 5.41) is 2.36. The number of carbonyl (C=O) groups excluding carboxylic acids is 1. The molecule has 3 aromatic rings. The van der Waals surface area contributed by atoms with Gasteiger partial charge in [-0.2, -0.15) is 4.31 Å². The highest BCUT2D eigenvalue weighted by atomic mass is 32.2.